The lowest BCUT2D eigenvalue weighted by molar-refractivity contribution is -0.124. The summed E-state index contributed by atoms with van der Waals surface area (Å²) in [6.45, 7) is 4.85. The fraction of sp³-hybridized carbons (Fsp3) is 0.300. The second-order valence-electron chi connectivity index (χ2n) is 6.30. The highest BCUT2D eigenvalue weighted by Gasteiger charge is 2.13. The van der Waals surface area contributed by atoms with E-state index >= 15 is 0 Å². The van der Waals surface area contributed by atoms with Crippen LogP contribution in [0.15, 0.2) is 48.5 Å². The number of carbonyl (C=O) groups is 2. The zero-order chi connectivity index (χ0) is 19.2. The lowest BCUT2D eigenvalue weighted by Crippen LogP contribution is -2.31. The van der Waals surface area contributed by atoms with Gasteiger partial charge in [0, 0.05) is 13.1 Å². The Hall–Kier alpha value is -3.22. The summed E-state index contributed by atoms with van der Waals surface area (Å²) in [5.74, 6) is -0.715. The molecule has 0 saturated heterocycles. The number of ether oxygens (including phenoxy) is 1. The van der Waals surface area contributed by atoms with Gasteiger partial charge in [-0.1, -0.05) is 42.5 Å². The van der Waals surface area contributed by atoms with E-state index in [1.54, 1.807) is 22.9 Å². The molecule has 140 valence electrons. The number of nitrogens with one attached hydrogen (secondary N) is 1. The molecule has 3 aromatic rings. The maximum Gasteiger partial charge on any atom is 0.338 e. The summed E-state index contributed by atoms with van der Waals surface area (Å²) in [7, 11) is 0. The van der Waals surface area contributed by atoms with Crippen molar-refractivity contribution in [1.29, 1.82) is 0 Å². The van der Waals surface area contributed by atoms with Gasteiger partial charge in [0.05, 0.1) is 11.1 Å². The molecule has 0 aliphatic carbocycles. The number of benzene rings is 2. The van der Waals surface area contributed by atoms with Crippen molar-refractivity contribution < 1.29 is 14.3 Å². The van der Waals surface area contributed by atoms with Gasteiger partial charge in [0.1, 0.15) is 5.52 Å². The van der Waals surface area contributed by atoms with E-state index in [-0.39, 0.29) is 18.4 Å². The average Bonchev–Trinajstić information content (AvgIpc) is 3.13. The molecule has 1 heterocycles. The molecule has 0 aliphatic heterocycles. The van der Waals surface area contributed by atoms with Gasteiger partial charge in [0.2, 0.25) is 0 Å². The molecule has 1 N–H and O–H groups in total. The van der Waals surface area contributed by atoms with Gasteiger partial charge >= 0.3 is 5.97 Å². The first-order valence-corrected chi connectivity index (χ1v) is 8.90. The van der Waals surface area contributed by atoms with E-state index in [0.717, 1.165) is 11.1 Å². The van der Waals surface area contributed by atoms with Gasteiger partial charge in [0.25, 0.3) is 5.91 Å². The van der Waals surface area contributed by atoms with Gasteiger partial charge in [-0.25, -0.2) is 9.48 Å². The van der Waals surface area contributed by atoms with Crippen LogP contribution in [0.1, 0.15) is 35.7 Å². The average molecular weight is 366 g/mol. The zero-order valence-corrected chi connectivity index (χ0v) is 15.4. The number of esters is 1. The Kier molecular flexibility index (Phi) is 5.80. The van der Waals surface area contributed by atoms with Crippen molar-refractivity contribution in [2.24, 2.45) is 0 Å². The minimum atomic E-state index is -0.561. The molecule has 0 aliphatic rings. The van der Waals surface area contributed by atoms with Gasteiger partial charge in [-0.3, -0.25) is 4.79 Å². The predicted octanol–water partition coefficient (Wildman–Crippen LogP) is 2.53. The van der Waals surface area contributed by atoms with E-state index in [9.17, 15) is 9.59 Å². The topological polar surface area (TPSA) is 86.1 Å². The molecular weight excluding hydrogens is 344 g/mol. The van der Waals surface area contributed by atoms with E-state index in [1.165, 1.54) is 0 Å². The van der Waals surface area contributed by atoms with Crippen LogP contribution in [0, 0.1) is 0 Å². The molecule has 3 rings (SSSR count). The van der Waals surface area contributed by atoms with Crippen molar-refractivity contribution in [1.82, 2.24) is 20.3 Å². The third kappa shape index (κ3) is 4.49. The first kappa shape index (κ1) is 18.6. The molecule has 1 aromatic heterocycles. The van der Waals surface area contributed by atoms with E-state index in [1.807, 2.05) is 44.2 Å². The third-order valence-corrected chi connectivity index (χ3v) is 4.36. The van der Waals surface area contributed by atoms with Gasteiger partial charge in [-0.05, 0) is 36.6 Å². The molecular formula is C20H22N4O3. The van der Waals surface area contributed by atoms with Crippen LogP contribution < -0.4 is 5.32 Å². The van der Waals surface area contributed by atoms with Gasteiger partial charge in [-0.15, -0.1) is 5.10 Å². The third-order valence-electron chi connectivity index (χ3n) is 4.36. The van der Waals surface area contributed by atoms with Gasteiger partial charge < -0.3 is 10.1 Å². The van der Waals surface area contributed by atoms with Crippen molar-refractivity contribution >= 4 is 22.9 Å². The van der Waals surface area contributed by atoms with Crippen molar-refractivity contribution in [3.63, 3.8) is 0 Å². The van der Waals surface area contributed by atoms with E-state index < -0.39 is 5.97 Å². The van der Waals surface area contributed by atoms with Crippen molar-refractivity contribution in [2.45, 2.75) is 26.3 Å². The highest BCUT2D eigenvalue weighted by Crippen LogP contribution is 2.15. The minimum Gasteiger partial charge on any atom is -0.452 e. The quantitative estimate of drug-likeness (QED) is 0.650. The lowest BCUT2D eigenvalue weighted by Gasteiger charge is -2.13. The second-order valence-corrected chi connectivity index (χ2v) is 6.30. The lowest BCUT2D eigenvalue weighted by atomic mass is 10.0. The smallest absolute Gasteiger partial charge is 0.338 e. The number of carbonyl (C=O) groups excluding carboxylic acids is 2. The number of aromatic nitrogens is 3. The SMILES string of the molecule is CCn1nnc2cc(C(=O)OCC(=O)NCC(C)c3ccccc3)ccc21. The highest BCUT2D eigenvalue weighted by molar-refractivity contribution is 5.94. The molecule has 7 heteroatoms. The number of nitrogens with zero attached hydrogens (tertiary/aromatic N) is 3. The number of hydrogen-bond acceptors (Lipinski definition) is 5. The Balaban J connectivity index is 1.50. The first-order valence-electron chi connectivity index (χ1n) is 8.90. The second kappa shape index (κ2) is 8.44. The number of fused-ring (bicyclic) bond motifs is 1. The summed E-state index contributed by atoms with van der Waals surface area (Å²) in [4.78, 5) is 24.1. The zero-order valence-electron chi connectivity index (χ0n) is 15.4. The summed E-state index contributed by atoms with van der Waals surface area (Å²) in [6, 6.07) is 15.0. The van der Waals surface area contributed by atoms with Crippen LogP contribution in [0.3, 0.4) is 0 Å². The molecule has 1 atom stereocenters. The number of hydrogen-bond donors (Lipinski definition) is 1. The molecule has 0 fully saturated rings. The van der Waals surface area contributed by atoms with E-state index in [2.05, 4.69) is 15.6 Å². The molecule has 7 nitrogen and oxygen atoms in total. The van der Waals surface area contributed by atoms with Crippen LogP contribution in [0.4, 0.5) is 0 Å². The van der Waals surface area contributed by atoms with Crippen LogP contribution in [0.25, 0.3) is 11.0 Å². The molecule has 27 heavy (non-hydrogen) atoms. The molecule has 1 amide bonds. The van der Waals surface area contributed by atoms with Gasteiger partial charge in [0.15, 0.2) is 6.61 Å². The molecule has 1 unspecified atom stereocenters. The largest absolute Gasteiger partial charge is 0.452 e. The van der Waals surface area contributed by atoms with Gasteiger partial charge in [-0.2, -0.15) is 0 Å². The number of amides is 1. The predicted molar refractivity (Wildman–Crippen MR) is 101 cm³/mol. The highest BCUT2D eigenvalue weighted by atomic mass is 16.5. The van der Waals surface area contributed by atoms with Crippen LogP contribution in [-0.2, 0) is 16.1 Å². The van der Waals surface area contributed by atoms with Crippen LogP contribution >= 0.6 is 0 Å². The Morgan fingerprint density at radius 2 is 1.96 bits per heavy atom. The van der Waals surface area contributed by atoms with Crippen molar-refractivity contribution in [3.8, 4) is 0 Å². The minimum absolute atomic E-state index is 0.175. The van der Waals surface area contributed by atoms with Crippen LogP contribution in [0.2, 0.25) is 0 Å². The van der Waals surface area contributed by atoms with E-state index in [4.69, 9.17) is 4.74 Å². The monoisotopic (exact) mass is 366 g/mol. The molecule has 0 bridgehead atoms. The Morgan fingerprint density at radius 1 is 1.19 bits per heavy atom. The Morgan fingerprint density at radius 3 is 2.70 bits per heavy atom. The molecule has 0 spiro atoms. The summed E-state index contributed by atoms with van der Waals surface area (Å²) in [5, 5.41) is 10.8. The molecule has 0 saturated carbocycles. The van der Waals surface area contributed by atoms with Crippen LogP contribution in [-0.4, -0.2) is 40.0 Å². The molecule has 2 aromatic carbocycles. The number of rotatable bonds is 7. The van der Waals surface area contributed by atoms with Crippen molar-refractivity contribution in [3.05, 3.63) is 59.7 Å². The summed E-state index contributed by atoms with van der Waals surface area (Å²) < 4.78 is 6.85. The number of aryl methyl sites for hydroxylation is 1. The normalized spacial score (nSPS) is 11.9. The Bertz CT molecular complexity index is 937. The van der Waals surface area contributed by atoms with Crippen molar-refractivity contribution in [2.75, 3.05) is 13.2 Å². The molecule has 0 radical (unpaired) electrons. The fourth-order valence-corrected chi connectivity index (χ4v) is 2.76. The first-order chi connectivity index (χ1) is 13.1. The van der Waals surface area contributed by atoms with E-state index in [0.29, 0.717) is 24.2 Å². The summed E-state index contributed by atoms with van der Waals surface area (Å²) in [5.41, 5.74) is 2.95. The summed E-state index contributed by atoms with van der Waals surface area (Å²) >= 11 is 0. The Labute approximate surface area is 157 Å². The maximum absolute atomic E-state index is 12.2. The maximum atomic E-state index is 12.2. The van der Waals surface area contributed by atoms with Crippen LogP contribution in [0.5, 0.6) is 0 Å². The summed E-state index contributed by atoms with van der Waals surface area (Å²) in [6.07, 6.45) is 0. The standard InChI is InChI=1S/C20H22N4O3/c1-3-24-18-10-9-16(11-17(18)22-23-24)20(26)27-13-19(25)21-12-14(2)15-7-5-4-6-8-15/h4-11,14H,3,12-13H2,1-2H3,(H,21,25). The fourth-order valence-electron chi connectivity index (χ4n) is 2.76.